The summed E-state index contributed by atoms with van der Waals surface area (Å²) in [6.45, 7) is 4.71. The molecule has 2 rings (SSSR count). The van der Waals surface area contributed by atoms with Gasteiger partial charge < -0.3 is 9.64 Å². The van der Waals surface area contributed by atoms with E-state index >= 15 is 0 Å². The van der Waals surface area contributed by atoms with E-state index < -0.39 is 12.1 Å². The summed E-state index contributed by atoms with van der Waals surface area (Å²) < 4.78 is 18.2. The summed E-state index contributed by atoms with van der Waals surface area (Å²) in [5, 5.41) is 0. The summed E-state index contributed by atoms with van der Waals surface area (Å²) in [5.74, 6) is 0.00383. The smallest absolute Gasteiger partial charge is 0.357 e. The van der Waals surface area contributed by atoms with E-state index in [1.54, 1.807) is 13.8 Å². The first-order valence-electron chi connectivity index (χ1n) is 6.49. The number of ether oxygens (including phenoxy) is 1. The number of esters is 1. The van der Waals surface area contributed by atoms with Crippen molar-refractivity contribution in [3.8, 4) is 0 Å². The van der Waals surface area contributed by atoms with Gasteiger partial charge in [0, 0.05) is 19.3 Å². The maximum absolute atomic E-state index is 13.1. The molecule has 0 radical (unpaired) electrons. The minimum absolute atomic E-state index is 0.187. The van der Waals surface area contributed by atoms with Crippen LogP contribution in [0.2, 0.25) is 0 Å². The number of alkyl halides is 1. The summed E-state index contributed by atoms with van der Waals surface area (Å²) in [7, 11) is 0. The number of piperidine rings is 1. The third kappa shape index (κ3) is 3.62. The van der Waals surface area contributed by atoms with Crippen molar-refractivity contribution in [2.75, 3.05) is 18.0 Å². The third-order valence-corrected chi connectivity index (χ3v) is 2.90. The summed E-state index contributed by atoms with van der Waals surface area (Å²) in [6.07, 6.45) is 1.55. The molecule has 0 aromatic carbocycles. The van der Waals surface area contributed by atoms with Crippen LogP contribution >= 0.6 is 0 Å². The summed E-state index contributed by atoms with van der Waals surface area (Å²) in [4.78, 5) is 22.0. The van der Waals surface area contributed by atoms with Crippen LogP contribution < -0.4 is 4.90 Å². The predicted octanol–water partition coefficient (Wildman–Crippen LogP) is 1.98. The fraction of sp³-hybridized carbons (Fsp3) is 0.615. The van der Waals surface area contributed by atoms with Gasteiger partial charge in [0.15, 0.2) is 5.69 Å². The average Bonchev–Trinajstić information content (AvgIpc) is 2.39. The number of carbonyl (C=O) groups excluding carboxylic acids is 1. The zero-order valence-electron chi connectivity index (χ0n) is 11.2. The van der Waals surface area contributed by atoms with Crippen LogP contribution in [-0.4, -0.2) is 41.3 Å². The molecule has 1 aliphatic rings. The molecule has 1 aliphatic heterocycles. The van der Waals surface area contributed by atoms with Gasteiger partial charge in [0.05, 0.1) is 6.10 Å². The highest BCUT2D eigenvalue weighted by molar-refractivity contribution is 5.87. The maximum atomic E-state index is 13.1. The van der Waals surface area contributed by atoms with Gasteiger partial charge in [-0.15, -0.1) is 0 Å². The molecule has 0 spiro atoms. The molecule has 104 valence electrons. The van der Waals surface area contributed by atoms with Crippen molar-refractivity contribution in [1.82, 2.24) is 9.97 Å². The van der Waals surface area contributed by atoms with Gasteiger partial charge >= 0.3 is 5.97 Å². The fourth-order valence-corrected chi connectivity index (χ4v) is 1.94. The lowest BCUT2D eigenvalue weighted by molar-refractivity contribution is 0.0370. The molecule has 0 unspecified atom stereocenters. The van der Waals surface area contributed by atoms with Gasteiger partial charge in [-0.25, -0.2) is 19.2 Å². The molecule has 1 fully saturated rings. The quantitative estimate of drug-likeness (QED) is 0.784. The minimum Gasteiger partial charge on any atom is -0.458 e. The van der Waals surface area contributed by atoms with Crippen molar-refractivity contribution in [2.24, 2.45) is 0 Å². The molecule has 1 aromatic heterocycles. The SMILES string of the molecule is CC(C)OC(=O)c1ccnc(N2CCC(F)CC2)n1. The molecular weight excluding hydrogens is 249 g/mol. The van der Waals surface area contributed by atoms with Gasteiger partial charge in [0.1, 0.15) is 6.17 Å². The zero-order chi connectivity index (χ0) is 13.8. The average molecular weight is 267 g/mol. The molecule has 0 bridgehead atoms. The van der Waals surface area contributed by atoms with E-state index in [2.05, 4.69) is 9.97 Å². The second kappa shape index (κ2) is 5.95. The van der Waals surface area contributed by atoms with Crippen LogP contribution in [0.1, 0.15) is 37.2 Å². The van der Waals surface area contributed by atoms with Gasteiger partial charge in [-0.1, -0.05) is 0 Å². The highest BCUT2D eigenvalue weighted by Crippen LogP contribution is 2.18. The number of hydrogen-bond donors (Lipinski definition) is 0. The number of carbonyl (C=O) groups is 1. The topological polar surface area (TPSA) is 55.3 Å². The van der Waals surface area contributed by atoms with Crippen LogP contribution in [0.3, 0.4) is 0 Å². The van der Waals surface area contributed by atoms with Gasteiger partial charge in [-0.2, -0.15) is 0 Å². The Morgan fingerprint density at radius 2 is 2.16 bits per heavy atom. The first kappa shape index (κ1) is 13.7. The van der Waals surface area contributed by atoms with Gasteiger partial charge in [-0.05, 0) is 32.8 Å². The van der Waals surface area contributed by atoms with Crippen molar-refractivity contribution >= 4 is 11.9 Å². The van der Waals surface area contributed by atoms with E-state index in [1.807, 2.05) is 4.90 Å². The summed E-state index contributed by atoms with van der Waals surface area (Å²) in [6, 6.07) is 1.52. The monoisotopic (exact) mass is 267 g/mol. The Labute approximate surface area is 111 Å². The van der Waals surface area contributed by atoms with Gasteiger partial charge in [-0.3, -0.25) is 0 Å². The largest absolute Gasteiger partial charge is 0.458 e. The fourth-order valence-electron chi connectivity index (χ4n) is 1.94. The van der Waals surface area contributed by atoms with Crippen molar-refractivity contribution in [3.05, 3.63) is 18.0 Å². The van der Waals surface area contributed by atoms with E-state index in [1.165, 1.54) is 12.3 Å². The second-order valence-electron chi connectivity index (χ2n) is 4.86. The molecule has 2 heterocycles. The molecule has 1 saturated heterocycles. The molecule has 5 nitrogen and oxygen atoms in total. The van der Waals surface area contributed by atoms with Crippen LogP contribution in [0.4, 0.5) is 10.3 Å². The van der Waals surface area contributed by atoms with E-state index in [0.717, 1.165) is 0 Å². The summed E-state index contributed by atoms with van der Waals surface area (Å²) in [5.41, 5.74) is 0.237. The van der Waals surface area contributed by atoms with E-state index in [4.69, 9.17) is 4.74 Å². The lowest BCUT2D eigenvalue weighted by Gasteiger charge is -2.28. The Bertz CT molecular complexity index is 445. The maximum Gasteiger partial charge on any atom is 0.357 e. The number of nitrogens with zero attached hydrogens (tertiary/aromatic N) is 3. The van der Waals surface area contributed by atoms with Crippen LogP contribution in [0.25, 0.3) is 0 Å². The molecule has 19 heavy (non-hydrogen) atoms. The van der Waals surface area contributed by atoms with Gasteiger partial charge in [0.2, 0.25) is 5.95 Å². The zero-order valence-corrected chi connectivity index (χ0v) is 11.2. The molecule has 0 aliphatic carbocycles. The third-order valence-electron chi connectivity index (χ3n) is 2.90. The Kier molecular flexibility index (Phi) is 4.29. The Balaban J connectivity index is 2.08. The lowest BCUT2D eigenvalue weighted by atomic mass is 10.1. The molecule has 0 saturated carbocycles. The number of halogens is 1. The number of rotatable bonds is 3. The van der Waals surface area contributed by atoms with Crippen LogP contribution in [0.15, 0.2) is 12.3 Å². The van der Waals surface area contributed by atoms with Crippen molar-refractivity contribution in [1.29, 1.82) is 0 Å². The number of anilines is 1. The van der Waals surface area contributed by atoms with Crippen molar-refractivity contribution < 1.29 is 13.9 Å². The van der Waals surface area contributed by atoms with E-state index in [-0.39, 0.29) is 11.8 Å². The van der Waals surface area contributed by atoms with Crippen molar-refractivity contribution in [2.45, 2.75) is 39.0 Å². The first-order valence-corrected chi connectivity index (χ1v) is 6.49. The molecule has 0 N–H and O–H groups in total. The van der Waals surface area contributed by atoms with Crippen LogP contribution in [0, 0.1) is 0 Å². The van der Waals surface area contributed by atoms with Gasteiger partial charge in [0.25, 0.3) is 0 Å². The Morgan fingerprint density at radius 3 is 2.79 bits per heavy atom. The normalized spacial score (nSPS) is 16.7. The molecule has 6 heteroatoms. The van der Waals surface area contributed by atoms with Crippen LogP contribution in [0.5, 0.6) is 0 Å². The second-order valence-corrected chi connectivity index (χ2v) is 4.86. The Morgan fingerprint density at radius 1 is 1.47 bits per heavy atom. The highest BCUT2D eigenvalue weighted by atomic mass is 19.1. The van der Waals surface area contributed by atoms with E-state index in [0.29, 0.717) is 31.9 Å². The molecular formula is C13H18FN3O2. The molecule has 0 atom stereocenters. The number of hydrogen-bond acceptors (Lipinski definition) is 5. The summed E-state index contributed by atoms with van der Waals surface area (Å²) >= 11 is 0. The van der Waals surface area contributed by atoms with Crippen molar-refractivity contribution in [3.63, 3.8) is 0 Å². The van der Waals surface area contributed by atoms with E-state index in [9.17, 15) is 9.18 Å². The molecule has 1 aromatic rings. The molecule has 0 amide bonds. The minimum atomic E-state index is -0.745. The predicted molar refractivity (Wildman–Crippen MR) is 68.9 cm³/mol. The number of aromatic nitrogens is 2. The lowest BCUT2D eigenvalue weighted by Crippen LogP contribution is -2.35. The standard InChI is InChI=1S/C13H18FN3O2/c1-9(2)19-12(18)11-3-6-15-13(16-11)17-7-4-10(14)5-8-17/h3,6,9-10H,4-5,7-8H2,1-2H3. The first-order chi connectivity index (χ1) is 9.06. The highest BCUT2D eigenvalue weighted by Gasteiger charge is 2.21. The Hall–Kier alpha value is -1.72. The van der Waals surface area contributed by atoms with Crippen LogP contribution in [-0.2, 0) is 4.74 Å².